The smallest absolute Gasteiger partial charge is 0.250 e. The Labute approximate surface area is 200 Å². The number of nitrogens with zero attached hydrogens (tertiary/aromatic N) is 2. The summed E-state index contributed by atoms with van der Waals surface area (Å²) in [5.74, 6) is -0.202. The molecule has 0 radical (unpaired) electrons. The minimum atomic E-state index is -0.519. The van der Waals surface area contributed by atoms with Gasteiger partial charge in [0, 0.05) is 15.7 Å². The Morgan fingerprint density at radius 1 is 0.818 bits per heavy atom. The minimum Gasteiger partial charge on any atom is -0.393 e. The van der Waals surface area contributed by atoms with Crippen LogP contribution >= 0.6 is 23.2 Å². The number of nitrogens with two attached hydrogens (primary N) is 1. The molecule has 0 atom stereocenters. The molecular weight excluding hydrogens is 459 g/mol. The van der Waals surface area contributed by atoms with Crippen molar-refractivity contribution in [2.75, 3.05) is 16.5 Å². The van der Waals surface area contributed by atoms with E-state index in [9.17, 15) is 4.79 Å². The van der Waals surface area contributed by atoms with Gasteiger partial charge in [-0.3, -0.25) is 15.6 Å². The fraction of sp³-hybridized carbons (Fsp3) is 0.0417. The van der Waals surface area contributed by atoms with E-state index >= 15 is 0 Å². The number of hydrogen-bond donors (Lipinski definition) is 4. The molecule has 5 N–H and O–H groups in total. The van der Waals surface area contributed by atoms with Crippen LogP contribution in [0.5, 0.6) is 0 Å². The predicted octanol–water partition coefficient (Wildman–Crippen LogP) is 5.38. The van der Waals surface area contributed by atoms with Gasteiger partial charge in [-0.25, -0.2) is 9.97 Å². The summed E-state index contributed by atoms with van der Waals surface area (Å²) in [6.07, 6.45) is 1.32. The standard InChI is InChI=1S/C24H20Cl2N6O/c25-17-11-18(26)13-19(12-17)30-22-21(27)23(29-14-28-22)31-32-24(33)20(15-7-3-1-4-8-15)16-9-5-2-6-10-16/h1-14,20H,27H2,(H,32,33)(H2,28,29,30,31). The first-order valence-electron chi connectivity index (χ1n) is 10.0. The lowest BCUT2D eigenvalue weighted by atomic mass is 9.91. The summed E-state index contributed by atoms with van der Waals surface area (Å²) < 4.78 is 0. The lowest BCUT2D eigenvalue weighted by Gasteiger charge is -2.19. The first-order valence-corrected chi connectivity index (χ1v) is 10.8. The topological polar surface area (TPSA) is 105 Å². The molecule has 7 nitrogen and oxygen atoms in total. The van der Waals surface area contributed by atoms with E-state index in [1.54, 1.807) is 18.2 Å². The summed E-state index contributed by atoms with van der Waals surface area (Å²) in [6, 6.07) is 24.0. The van der Waals surface area contributed by atoms with Crippen LogP contribution in [-0.2, 0) is 4.79 Å². The van der Waals surface area contributed by atoms with Gasteiger partial charge in [0.15, 0.2) is 11.6 Å². The van der Waals surface area contributed by atoms with Crippen molar-refractivity contribution in [3.8, 4) is 0 Å². The predicted molar refractivity (Wildman–Crippen MR) is 133 cm³/mol. The number of carbonyl (C=O) groups excluding carboxylic acids is 1. The molecule has 0 aliphatic carbocycles. The molecule has 3 aromatic carbocycles. The molecular formula is C24H20Cl2N6O. The SMILES string of the molecule is Nc1c(NNC(=O)C(c2ccccc2)c2ccccc2)ncnc1Nc1cc(Cl)cc(Cl)c1. The van der Waals surface area contributed by atoms with Gasteiger partial charge in [-0.05, 0) is 29.3 Å². The van der Waals surface area contributed by atoms with Crippen LogP contribution < -0.4 is 21.9 Å². The van der Waals surface area contributed by atoms with Crippen molar-refractivity contribution >= 4 is 52.1 Å². The molecule has 0 spiro atoms. The van der Waals surface area contributed by atoms with Crippen molar-refractivity contribution in [1.82, 2.24) is 15.4 Å². The monoisotopic (exact) mass is 478 g/mol. The summed E-state index contributed by atoms with van der Waals surface area (Å²) in [5, 5.41) is 4.00. The van der Waals surface area contributed by atoms with Crippen molar-refractivity contribution in [1.29, 1.82) is 0 Å². The number of benzene rings is 3. The van der Waals surface area contributed by atoms with E-state index in [2.05, 4.69) is 26.1 Å². The number of carbonyl (C=O) groups is 1. The maximum absolute atomic E-state index is 13.2. The first kappa shape index (κ1) is 22.4. The lowest BCUT2D eigenvalue weighted by Crippen LogP contribution is -2.35. The van der Waals surface area contributed by atoms with Gasteiger partial charge in [-0.2, -0.15) is 0 Å². The lowest BCUT2D eigenvalue weighted by molar-refractivity contribution is -0.121. The van der Waals surface area contributed by atoms with Crippen molar-refractivity contribution in [2.45, 2.75) is 5.92 Å². The van der Waals surface area contributed by atoms with Crippen molar-refractivity contribution in [3.05, 3.63) is 106 Å². The van der Waals surface area contributed by atoms with Crippen molar-refractivity contribution < 1.29 is 4.79 Å². The maximum Gasteiger partial charge on any atom is 0.250 e. The number of amides is 1. The fourth-order valence-corrected chi connectivity index (χ4v) is 3.86. The molecule has 0 saturated heterocycles. The number of anilines is 4. The third kappa shape index (κ3) is 5.52. The molecule has 0 unspecified atom stereocenters. The number of rotatable bonds is 7. The van der Waals surface area contributed by atoms with E-state index in [0.29, 0.717) is 21.6 Å². The van der Waals surface area contributed by atoms with Crippen LogP contribution in [0.1, 0.15) is 17.0 Å². The maximum atomic E-state index is 13.2. The third-order valence-electron chi connectivity index (χ3n) is 4.84. The molecule has 0 aliphatic heterocycles. The number of nitrogens with one attached hydrogen (secondary N) is 3. The van der Waals surface area contributed by atoms with E-state index < -0.39 is 5.92 Å². The fourth-order valence-electron chi connectivity index (χ4n) is 3.34. The Balaban J connectivity index is 1.53. The quantitative estimate of drug-likeness (QED) is 0.265. The largest absolute Gasteiger partial charge is 0.393 e. The van der Waals surface area contributed by atoms with Crippen LogP contribution in [0, 0.1) is 0 Å². The van der Waals surface area contributed by atoms with Gasteiger partial charge in [0.1, 0.15) is 12.0 Å². The van der Waals surface area contributed by atoms with Crippen LogP contribution in [0.25, 0.3) is 0 Å². The molecule has 166 valence electrons. The molecule has 1 heterocycles. The molecule has 1 aromatic heterocycles. The Morgan fingerprint density at radius 2 is 1.36 bits per heavy atom. The third-order valence-corrected chi connectivity index (χ3v) is 5.28. The second-order valence-corrected chi connectivity index (χ2v) is 8.01. The summed E-state index contributed by atoms with van der Waals surface area (Å²) in [6.45, 7) is 0. The minimum absolute atomic E-state index is 0.213. The van der Waals surface area contributed by atoms with Crippen LogP contribution in [0.2, 0.25) is 10.0 Å². The van der Waals surface area contributed by atoms with E-state index in [-0.39, 0.29) is 17.4 Å². The van der Waals surface area contributed by atoms with Crippen molar-refractivity contribution in [2.24, 2.45) is 0 Å². The highest BCUT2D eigenvalue weighted by molar-refractivity contribution is 6.35. The van der Waals surface area contributed by atoms with Gasteiger partial charge >= 0.3 is 0 Å². The van der Waals surface area contributed by atoms with Gasteiger partial charge in [-0.15, -0.1) is 0 Å². The molecule has 0 saturated carbocycles. The molecule has 9 heteroatoms. The van der Waals surface area contributed by atoms with Crippen LogP contribution in [0.4, 0.5) is 23.0 Å². The van der Waals surface area contributed by atoms with Crippen LogP contribution in [-0.4, -0.2) is 15.9 Å². The Kier molecular flexibility index (Phi) is 6.92. The normalized spacial score (nSPS) is 10.6. The highest BCUT2D eigenvalue weighted by Crippen LogP contribution is 2.29. The second kappa shape index (κ2) is 10.2. The molecule has 1 amide bonds. The van der Waals surface area contributed by atoms with E-state index in [4.69, 9.17) is 28.9 Å². The molecule has 33 heavy (non-hydrogen) atoms. The summed E-state index contributed by atoms with van der Waals surface area (Å²) in [4.78, 5) is 21.5. The number of nitrogen functional groups attached to an aromatic ring is 1. The molecule has 0 aliphatic rings. The van der Waals surface area contributed by atoms with Gasteiger partial charge in [0.25, 0.3) is 0 Å². The average Bonchev–Trinajstić information content (AvgIpc) is 2.81. The van der Waals surface area contributed by atoms with Crippen LogP contribution in [0.3, 0.4) is 0 Å². The average molecular weight is 479 g/mol. The second-order valence-electron chi connectivity index (χ2n) is 7.14. The van der Waals surface area contributed by atoms with E-state index in [0.717, 1.165) is 11.1 Å². The highest BCUT2D eigenvalue weighted by Gasteiger charge is 2.23. The first-order chi connectivity index (χ1) is 16.0. The zero-order chi connectivity index (χ0) is 23.2. The molecule has 0 bridgehead atoms. The van der Waals surface area contributed by atoms with Crippen molar-refractivity contribution in [3.63, 3.8) is 0 Å². The number of hydrogen-bond acceptors (Lipinski definition) is 6. The van der Waals surface area contributed by atoms with Crippen LogP contribution in [0.15, 0.2) is 85.2 Å². The zero-order valence-corrected chi connectivity index (χ0v) is 18.8. The Hall–Kier alpha value is -3.81. The Bertz CT molecular complexity index is 1190. The van der Waals surface area contributed by atoms with Gasteiger partial charge in [0.2, 0.25) is 5.91 Å². The number of aromatic nitrogens is 2. The number of halogens is 2. The summed E-state index contributed by atoms with van der Waals surface area (Å²) in [7, 11) is 0. The summed E-state index contributed by atoms with van der Waals surface area (Å²) >= 11 is 12.1. The van der Waals surface area contributed by atoms with Gasteiger partial charge in [0.05, 0.1) is 5.92 Å². The highest BCUT2D eigenvalue weighted by atomic mass is 35.5. The number of hydrazine groups is 1. The molecule has 4 rings (SSSR count). The molecule has 4 aromatic rings. The zero-order valence-electron chi connectivity index (χ0n) is 17.3. The summed E-state index contributed by atoms with van der Waals surface area (Å²) in [5.41, 5.74) is 14.3. The van der Waals surface area contributed by atoms with E-state index in [1.165, 1.54) is 6.33 Å². The van der Waals surface area contributed by atoms with Gasteiger partial charge in [-0.1, -0.05) is 83.9 Å². The van der Waals surface area contributed by atoms with Gasteiger partial charge < -0.3 is 11.1 Å². The Morgan fingerprint density at radius 3 is 1.94 bits per heavy atom. The van der Waals surface area contributed by atoms with E-state index in [1.807, 2.05) is 60.7 Å². The molecule has 0 fully saturated rings.